The molecule has 0 spiro atoms. The molecule has 0 aliphatic heterocycles. The zero-order chi connectivity index (χ0) is 10.3. The van der Waals surface area contributed by atoms with Crippen molar-refractivity contribution in [2.24, 2.45) is 0 Å². The van der Waals surface area contributed by atoms with Crippen LogP contribution in [0.25, 0.3) is 11.0 Å². The van der Waals surface area contributed by atoms with Crippen molar-refractivity contribution in [2.75, 3.05) is 0 Å². The molecule has 3 nitrogen and oxygen atoms in total. The fraction of sp³-hybridized carbons (Fsp3) is 0.455. The van der Waals surface area contributed by atoms with Gasteiger partial charge in [0.25, 0.3) is 0 Å². The minimum atomic E-state index is -0.0114. The van der Waals surface area contributed by atoms with Gasteiger partial charge in [0.05, 0.1) is 11.1 Å². The van der Waals surface area contributed by atoms with Crippen molar-refractivity contribution in [3.8, 4) is 0 Å². The van der Waals surface area contributed by atoms with Crippen LogP contribution in [-0.2, 0) is 5.54 Å². The molecule has 1 aromatic carbocycles. The van der Waals surface area contributed by atoms with Gasteiger partial charge in [-0.15, -0.1) is 5.10 Å². The maximum Gasteiger partial charge on any atom is 0.116 e. The maximum absolute atomic E-state index is 4.20. The largest absolute Gasteiger partial charge is 0.239 e. The molecule has 0 aliphatic carbocycles. The number of fused-ring (bicyclic) bond motifs is 1. The Bertz CT molecular complexity index is 463. The highest BCUT2D eigenvalue weighted by molar-refractivity contribution is 5.77. The normalized spacial score (nSPS) is 12.3. The minimum Gasteiger partial charge on any atom is -0.239 e. The zero-order valence-electron chi connectivity index (χ0n) is 9.07. The molecule has 1 aromatic heterocycles. The quantitative estimate of drug-likeness (QED) is 0.637. The summed E-state index contributed by atoms with van der Waals surface area (Å²) >= 11 is 0. The third kappa shape index (κ3) is 1.29. The molecule has 1 heterocycles. The van der Waals surface area contributed by atoms with Gasteiger partial charge in [0.15, 0.2) is 0 Å². The predicted molar refractivity (Wildman–Crippen MR) is 57.3 cm³/mol. The highest BCUT2D eigenvalue weighted by Gasteiger charge is 2.17. The van der Waals surface area contributed by atoms with Crippen LogP contribution < -0.4 is 0 Å². The van der Waals surface area contributed by atoms with E-state index in [9.17, 15) is 0 Å². The van der Waals surface area contributed by atoms with Crippen LogP contribution in [-0.4, -0.2) is 15.0 Å². The number of aromatic nitrogens is 3. The Morgan fingerprint density at radius 1 is 1.21 bits per heavy atom. The molecule has 0 bridgehead atoms. The third-order valence-corrected chi connectivity index (χ3v) is 2.31. The van der Waals surface area contributed by atoms with Crippen molar-refractivity contribution in [3.63, 3.8) is 0 Å². The molecule has 0 radical (unpaired) electrons. The van der Waals surface area contributed by atoms with Crippen LogP contribution in [0.1, 0.15) is 26.3 Å². The van der Waals surface area contributed by atoms with Gasteiger partial charge in [-0.2, -0.15) is 0 Å². The summed E-state index contributed by atoms with van der Waals surface area (Å²) in [5.74, 6) is 0. The smallest absolute Gasteiger partial charge is 0.116 e. The Hall–Kier alpha value is -1.38. The van der Waals surface area contributed by atoms with Gasteiger partial charge in [-0.05, 0) is 39.3 Å². The van der Waals surface area contributed by atoms with E-state index in [2.05, 4.69) is 50.1 Å². The summed E-state index contributed by atoms with van der Waals surface area (Å²) in [6.45, 7) is 8.44. The first-order valence-electron chi connectivity index (χ1n) is 4.81. The van der Waals surface area contributed by atoms with E-state index in [1.54, 1.807) is 0 Å². The SMILES string of the molecule is Cc1cccc2c1nnn2C(C)(C)C. The molecular formula is C11H15N3. The van der Waals surface area contributed by atoms with E-state index in [0.717, 1.165) is 11.0 Å². The molecular weight excluding hydrogens is 174 g/mol. The predicted octanol–water partition coefficient (Wildman–Crippen LogP) is 2.49. The molecule has 0 fully saturated rings. The van der Waals surface area contributed by atoms with Gasteiger partial charge in [-0.25, -0.2) is 4.68 Å². The van der Waals surface area contributed by atoms with E-state index >= 15 is 0 Å². The number of nitrogens with zero attached hydrogens (tertiary/aromatic N) is 3. The molecule has 0 saturated carbocycles. The summed E-state index contributed by atoms with van der Waals surface area (Å²) in [5.41, 5.74) is 3.28. The topological polar surface area (TPSA) is 30.7 Å². The maximum atomic E-state index is 4.20. The van der Waals surface area contributed by atoms with Gasteiger partial charge in [-0.3, -0.25) is 0 Å². The Morgan fingerprint density at radius 2 is 1.93 bits per heavy atom. The number of aryl methyl sites for hydroxylation is 1. The standard InChI is InChI=1S/C11H15N3/c1-8-6-5-7-9-10(8)12-13-14(9)11(2,3)4/h5-7H,1-4H3. The van der Waals surface area contributed by atoms with Crippen LogP contribution >= 0.6 is 0 Å². The monoisotopic (exact) mass is 189 g/mol. The molecule has 2 aromatic rings. The highest BCUT2D eigenvalue weighted by Crippen LogP contribution is 2.21. The van der Waals surface area contributed by atoms with Crippen LogP contribution in [0, 0.1) is 6.92 Å². The van der Waals surface area contributed by atoms with Gasteiger partial charge in [0.2, 0.25) is 0 Å². The fourth-order valence-corrected chi connectivity index (χ4v) is 1.58. The number of benzene rings is 1. The zero-order valence-corrected chi connectivity index (χ0v) is 9.07. The lowest BCUT2D eigenvalue weighted by molar-refractivity contribution is 0.358. The fourth-order valence-electron chi connectivity index (χ4n) is 1.58. The summed E-state index contributed by atoms with van der Waals surface area (Å²) in [6, 6.07) is 6.17. The van der Waals surface area contributed by atoms with Crippen molar-refractivity contribution >= 4 is 11.0 Å². The molecule has 0 unspecified atom stereocenters. The summed E-state index contributed by atoms with van der Waals surface area (Å²) in [6.07, 6.45) is 0. The molecule has 14 heavy (non-hydrogen) atoms. The van der Waals surface area contributed by atoms with Gasteiger partial charge in [0.1, 0.15) is 5.52 Å². The molecule has 0 amide bonds. The van der Waals surface area contributed by atoms with E-state index in [1.807, 2.05) is 10.7 Å². The molecule has 0 atom stereocenters. The second-order valence-corrected chi connectivity index (χ2v) is 4.61. The van der Waals surface area contributed by atoms with Crippen LogP contribution in [0.15, 0.2) is 18.2 Å². The van der Waals surface area contributed by atoms with E-state index in [-0.39, 0.29) is 5.54 Å². The van der Waals surface area contributed by atoms with E-state index in [1.165, 1.54) is 5.56 Å². The first-order valence-corrected chi connectivity index (χ1v) is 4.81. The van der Waals surface area contributed by atoms with Gasteiger partial charge < -0.3 is 0 Å². The molecule has 0 aliphatic rings. The second kappa shape index (κ2) is 2.80. The lowest BCUT2D eigenvalue weighted by Crippen LogP contribution is -2.22. The number of hydrogen-bond donors (Lipinski definition) is 0. The highest BCUT2D eigenvalue weighted by atomic mass is 15.4. The van der Waals surface area contributed by atoms with E-state index < -0.39 is 0 Å². The summed E-state index contributed by atoms with van der Waals surface area (Å²) < 4.78 is 1.97. The van der Waals surface area contributed by atoms with Crippen molar-refractivity contribution in [3.05, 3.63) is 23.8 Å². The first-order chi connectivity index (χ1) is 6.50. The van der Waals surface area contributed by atoms with Gasteiger partial charge in [0, 0.05) is 0 Å². The van der Waals surface area contributed by atoms with Gasteiger partial charge >= 0.3 is 0 Å². The average molecular weight is 189 g/mol. The molecule has 74 valence electrons. The number of rotatable bonds is 0. The van der Waals surface area contributed by atoms with Crippen molar-refractivity contribution < 1.29 is 0 Å². The Balaban J connectivity index is 2.76. The first kappa shape index (κ1) is 9.19. The Kier molecular flexibility index (Phi) is 1.84. The minimum absolute atomic E-state index is 0.0114. The van der Waals surface area contributed by atoms with Crippen LogP contribution in [0.2, 0.25) is 0 Å². The van der Waals surface area contributed by atoms with Gasteiger partial charge in [-0.1, -0.05) is 17.3 Å². The Labute approximate surface area is 83.7 Å². The van der Waals surface area contributed by atoms with E-state index in [0.29, 0.717) is 0 Å². The molecule has 0 N–H and O–H groups in total. The molecule has 3 heteroatoms. The lowest BCUT2D eigenvalue weighted by Gasteiger charge is -2.19. The summed E-state index contributed by atoms with van der Waals surface area (Å²) in [5, 5.41) is 8.39. The second-order valence-electron chi connectivity index (χ2n) is 4.61. The summed E-state index contributed by atoms with van der Waals surface area (Å²) in [4.78, 5) is 0. The molecule has 0 saturated heterocycles. The van der Waals surface area contributed by atoms with Crippen LogP contribution in [0.4, 0.5) is 0 Å². The third-order valence-electron chi connectivity index (χ3n) is 2.31. The summed E-state index contributed by atoms with van der Waals surface area (Å²) in [7, 11) is 0. The molecule has 2 rings (SSSR count). The Morgan fingerprint density at radius 3 is 2.57 bits per heavy atom. The van der Waals surface area contributed by atoms with Crippen molar-refractivity contribution in [2.45, 2.75) is 33.2 Å². The van der Waals surface area contributed by atoms with Crippen molar-refractivity contribution in [1.82, 2.24) is 15.0 Å². The van der Waals surface area contributed by atoms with Crippen molar-refractivity contribution in [1.29, 1.82) is 0 Å². The number of hydrogen-bond acceptors (Lipinski definition) is 2. The lowest BCUT2D eigenvalue weighted by atomic mass is 10.1. The van der Waals surface area contributed by atoms with E-state index in [4.69, 9.17) is 0 Å². The van der Waals surface area contributed by atoms with Crippen LogP contribution in [0.5, 0.6) is 0 Å². The van der Waals surface area contributed by atoms with Crippen LogP contribution in [0.3, 0.4) is 0 Å². The average Bonchev–Trinajstić information content (AvgIpc) is 2.47.